The summed E-state index contributed by atoms with van der Waals surface area (Å²) in [5.41, 5.74) is 2.59. The first-order valence-electron chi connectivity index (χ1n) is 6.60. The van der Waals surface area contributed by atoms with Crippen molar-refractivity contribution in [2.45, 2.75) is 13.1 Å². The van der Waals surface area contributed by atoms with E-state index in [1.54, 1.807) is 35.4 Å². The van der Waals surface area contributed by atoms with Crippen LogP contribution in [0, 0.1) is 0 Å². The number of carbonyl (C=O) groups excluding carboxylic acids is 2. The highest BCUT2D eigenvalue weighted by molar-refractivity contribution is 6.05. The van der Waals surface area contributed by atoms with Gasteiger partial charge in [0.2, 0.25) is 0 Å². The van der Waals surface area contributed by atoms with Gasteiger partial charge in [-0.1, -0.05) is 18.2 Å². The number of fused-ring (bicyclic) bond motifs is 1. The molecule has 1 amide bonds. The summed E-state index contributed by atoms with van der Waals surface area (Å²) in [7, 11) is 1.30. The normalized spacial score (nSPS) is 12.9. The van der Waals surface area contributed by atoms with Crippen molar-refractivity contribution in [3.63, 3.8) is 0 Å². The molecule has 1 aliphatic heterocycles. The van der Waals surface area contributed by atoms with E-state index in [0.717, 1.165) is 11.3 Å². The van der Waals surface area contributed by atoms with Gasteiger partial charge in [0.15, 0.2) is 0 Å². The first-order chi connectivity index (χ1) is 10.2. The molecule has 2 heterocycles. The third-order valence-electron chi connectivity index (χ3n) is 3.54. The van der Waals surface area contributed by atoms with Crippen LogP contribution in [0.5, 0.6) is 0 Å². The molecule has 0 atom stereocenters. The highest BCUT2D eigenvalue weighted by Crippen LogP contribution is 2.23. The number of hydrogen-bond donors (Lipinski definition) is 0. The molecule has 3 rings (SSSR count). The van der Waals surface area contributed by atoms with E-state index in [9.17, 15) is 9.59 Å². The Hall–Kier alpha value is -2.69. The standard InChI is InChI=1S/C16H14N2O3/c1-21-16(20)13-7-3-2-6-12(13)15(19)18-9-11-5-4-8-17-14(11)10-18/h2-8H,9-10H2,1H3. The van der Waals surface area contributed by atoms with Crippen molar-refractivity contribution in [1.82, 2.24) is 9.88 Å². The number of carbonyl (C=O) groups is 2. The van der Waals surface area contributed by atoms with Crippen LogP contribution >= 0.6 is 0 Å². The van der Waals surface area contributed by atoms with Crippen LogP contribution < -0.4 is 0 Å². The van der Waals surface area contributed by atoms with Crippen molar-refractivity contribution in [1.29, 1.82) is 0 Å². The number of methoxy groups -OCH3 is 1. The molecular weight excluding hydrogens is 268 g/mol. The minimum atomic E-state index is -0.506. The molecule has 5 nitrogen and oxygen atoms in total. The minimum Gasteiger partial charge on any atom is -0.465 e. The second kappa shape index (κ2) is 5.36. The minimum absolute atomic E-state index is 0.186. The van der Waals surface area contributed by atoms with E-state index in [-0.39, 0.29) is 11.5 Å². The third kappa shape index (κ3) is 2.38. The summed E-state index contributed by atoms with van der Waals surface area (Å²) in [6.45, 7) is 0.974. The molecule has 5 heteroatoms. The Morgan fingerprint density at radius 1 is 1.10 bits per heavy atom. The Kier molecular flexibility index (Phi) is 3.39. The fraction of sp³-hybridized carbons (Fsp3) is 0.188. The van der Waals surface area contributed by atoms with Crippen LogP contribution in [-0.2, 0) is 17.8 Å². The molecule has 0 spiro atoms. The maximum Gasteiger partial charge on any atom is 0.338 e. The second-order valence-corrected chi connectivity index (χ2v) is 4.81. The molecule has 0 radical (unpaired) electrons. The van der Waals surface area contributed by atoms with E-state index in [2.05, 4.69) is 4.98 Å². The Bertz CT molecular complexity index is 687. The van der Waals surface area contributed by atoms with Crippen LogP contribution in [-0.4, -0.2) is 28.9 Å². The summed E-state index contributed by atoms with van der Waals surface area (Å²) < 4.78 is 4.73. The van der Waals surface area contributed by atoms with Gasteiger partial charge in [0, 0.05) is 12.7 Å². The Balaban J connectivity index is 1.90. The van der Waals surface area contributed by atoms with Crippen molar-refractivity contribution in [3.8, 4) is 0 Å². The van der Waals surface area contributed by atoms with Crippen molar-refractivity contribution in [3.05, 3.63) is 65.0 Å². The van der Waals surface area contributed by atoms with Gasteiger partial charge in [-0.05, 0) is 23.8 Å². The molecule has 1 aromatic carbocycles. The fourth-order valence-electron chi connectivity index (χ4n) is 2.47. The first-order valence-corrected chi connectivity index (χ1v) is 6.60. The van der Waals surface area contributed by atoms with E-state index in [4.69, 9.17) is 4.74 Å². The average Bonchev–Trinajstić information content (AvgIpc) is 2.97. The third-order valence-corrected chi connectivity index (χ3v) is 3.54. The molecule has 1 aliphatic rings. The molecule has 106 valence electrons. The molecule has 0 unspecified atom stereocenters. The Labute approximate surface area is 122 Å². The van der Waals surface area contributed by atoms with Gasteiger partial charge >= 0.3 is 5.97 Å². The van der Waals surface area contributed by atoms with Gasteiger partial charge in [0.05, 0.1) is 30.5 Å². The number of esters is 1. The molecule has 21 heavy (non-hydrogen) atoms. The number of benzene rings is 1. The van der Waals surface area contributed by atoms with Crippen molar-refractivity contribution >= 4 is 11.9 Å². The van der Waals surface area contributed by atoms with E-state index in [1.165, 1.54) is 7.11 Å². The van der Waals surface area contributed by atoms with Gasteiger partial charge < -0.3 is 9.64 Å². The van der Waals surface area contributed by atoms with Crippen LogP contribution in [0.15, 0.2) is 42.6 Å². The first kappa shape index (κ1) is 13.3. The number of aromatic nitrogens is 1. The summed E-state index contributed by atoms with van der Waals surface area (Å²) >= 11 is 0. The lowest BCUT2D eigenvalue weighted by atomic mass is 10.1. The van der Waals surface area contributed by atoms with Gasteiger partial charge in [0.1, 0.15) is 0 Å². The van der Waals surface area contributed by atoms with Gasteiger partial charge in [-0.2, -0.15) is 0 Å². The van der Waals surface area contributed by atoms with E-state index >= 15 is 0 Å². The topological polar surface area (TPSA) is 59.5 Å². The van der Waals surface area contributed by atoms with Crippen molar-refractivity contribution in [2.75, 3.05) is 7.11 Å². The SMILES string of the molecule is COC(=O)c1ccccc1C(=O)N1Cc2cccnc2C1. The summed E-state index contributed by atoms with van der Waals surface area (Å²) in [5.74, 6) is -0.692. The van der Waals surface area contributed by atoms with Crippen LogP contribution in [0.25, 0.3) is 0 Å². The molecule has 0 bridgehead atoms. The molecule has 0 N–H and O–H groups in total. The quantitative estimate of drug-likeness (QED) is 0.791. The smallest absolute Gasteiger partial charge is 0.338 e. The van der Waals surface area contributed by atoms with Crippen LogP contribution in [0.1, 0.15) is 32.0 Å². The van der Waals surface area contributed by atoms with E-state index in [1.807, 2.05) is 12.1 Å². The number of rotatable bonds is 2. The predicted molar refractivity (Wildman–Crippen MR) is 75.6 cm³/mol. The summed E-state index contributed by atoms with van der Waals surface area (Å²) in [4.78, 5) is 30.4. The summed E-state index contributed by atoms with van der Waals surface area (Å²) in [5, 5.41) is 0. The van der Waals surface area contributed by atoms with Crippen LogP contribution in [0.3, 0.4) is 0 Å². The number of nitrogens with zero attached hydrogens (tertiary/aromatic N) is 2. The number of hydrogen-bond acceptors (Lipinski definition) is 4. The number of amides is 1. The zero-order chi connectivity index (χ0) is 14.8. The molecule has 0 saturated carbocycles. The lowest BCUT2D eigenvalue weighted by Crippen LogP contribution is -2.27. The lowest BCUT2D eigenvalue weighted by Gasteiger charge is -2.16. The van der Waals surface area contributed by atoms with Crippen molar-refractivity contribution < 1.29 is 14.3 Å². The summed E-state index contributed by atoms with van der Waals surface area (Å²) in [6, 6.07) is 10.5. The molecule has 1 aromatic heterocycles. The molecular formula is C16H14N2O3. The monoisotopic (exact) mass is 282 g/mol. The van der Waals surface area contributed by atoms with Gasteiger partial charge in [-0.25, -0.2) is 4.79 Å². The average molecular weight is 282 g/mol. The molecule has 0 saturated heterocycles. The van der Waals surface area contributed by atoms with Gasteiger partial charge in [0.25, 0.3) is 5.91 Å². The maximum absolute atomic E-state index is 12.6. The Morgan fingerprint density at radius 2 is 1.86 bits per heavy atom. The highest BCUT2D eigenvalue weighted by atomic mass is 16.5. The second-order valence-electron chi connectivity index (χ2n) is 4.81. The van der Waals surface area contributed by atoms with Gasteiger partial charge in [-0.3, -0.25) is 9.78 Å². The van der Waals surface area contributed by atoms with E-state index < -0.39 is 5.97 Å². The number of pyridine rings is 1. The molecule has 0 fully saturated rings. The molecule has 2 aromatic rings. The largest absolute Gasteiger partial charge is 0.465 e. The zero-order valence-electron chi connectivity index (χ0n) is 11.6. The predicted octanol–water partition coefficient (Wildman–Crippen LogP) is 2.02. The van der Waals surface area contributed by atoms with Crippen molar-refractivity contribution in [2.24, 2.45) is 0 Å². The Morgan fingerprint density at radius 3 is 2.57 bits per heavy atom. The maximum atomic E-state index is 12.6. The van der Waals surface area contributed by atoms with Gasteiger partial charge in [-0.15, -0.1) is 0 Å². The lowest BCUT2D eigenvalue weighted by molar-refractivity contribution is 0.0589. The highest BCUT2D eigenvalue weighted by Gasteiger charge is 2.27. The number of ether oxygens (including phenoxy) is 1. The zero-order valence-corrected chi connectivity index (χ0v) is 11.6. The fourth-order valence-corrected chi connectivity index (χ4v) is 2.47. The summed E-state index contributed by atoms with van der Waals surface area (Å²) in [6.07, 6.45) is 1.72. The van der Waals surface area contributed by atoms with E-state index in [0.29, 0.717) is 18.7 Å². The van der Waals surface area contributed by atoms with Crippen LogP contribution in [0.2, 0.25) is 0 Å². The molecule has 0 aliphatic carbocycles. The van der Waals surface area contributed by atoms with Crippen LogP contribution in [0.4, 0.5) is 0 Å².